The van der Waals surface area contributed by atoms with Crippen molar-refractivity contribution in [1.82, 2.24) is 9.97 Å². The molecule has 1 heterocycles. The maximum Gasteiger partial charge on any atom is 0.335 e. The lowest BCUT2D eigenvalue weighted by Gasteiger charge is -2.17. The molecule has 0 spiro atoms. The van der Waals surface area contributed by atoms with Gasteiger partial charge in [0.05, 0.1) is 37.4 Å². The molecular formula is C20H22BrN2O4P. The van der Waals surface area contributed by atoms with Crippen LogP contribution in [0.4, 0.5) is 0 Å². The third-order valence-electron chi connectivity index (χ3n) is 4.06. The summed E-state index contributed by atoms with van der Waals surface area (Å²) in [6.07, 6.45) is 0.227. The van der Waals surface area contributed by atoms with Crippen molar-refractivity contribution in [3.8, 4) is 17.3 Å². The maximum absolute atomic E-state index is 12.7. The quantitative estimate of drug-likeness (QED) is 0.390. The van der Waals surface area contributed by atoms with Gasteiger partial charge in [0, 0.05) is 10.0 Å². The largest absolute Gasteiger partial charge is 0.480 e. The monoisotopic (exact) mass is 464 g/mol. The highest BCUT2D eigenvalue weighted by atomic mass is 79.9. The first kappa shape index (κ1) is 20.9. The lowest BCUT2D eigenvalue weighted by Crippen LogP contribution is -1.99. The van der Waals surface area contributed by atoms with Gasteiger partial charge in [-0.25, -0.2) is 4.98 Å². The molecule has 0 N–H and O–H groups in total. The van der Waals surface area contributed by atoms with Crippen LogP contribution in [0.25, 0.3) is 22.3 Å². The lowest BCUT2D eigenvalue weighted by molar-refractivity contribution is 0.219. The Balaban J connectivity index is 1.91. The Labute approximate surface area is 172 Å². The van der Waals surface area contributed by atoms with Crippen LogP contribution in [0.5, 0.6) is 5.88 Å². The number of methoxy groups -OCH3 is 1. The molecule has 0 saturated carbocycles. The number of nitrogens with zero attached hydrogens (tertiary/aromatic N) is 2. The van der Waals surface area contributed by atoms with Crippen LogP contribution in [0.2, 0.25) is 0 Å². The van der Waals surface area contributed by atoms with E-state index in [4.69, 9.17) is 13.8 Å². The fraction of sp³-hybridized carbons (Fsp3) is 0.300. The molecule has 0 bridgehead atoms. The van der Waals surface area contributed by atoms with Crippen LogP contribution in [-0.4, -0.2) is 30.3 Å². The van der Waals surface area contributed by atoms with Gasteiger partial charge in [-0.3, -0.25) is 4.57 Å². The molecule has 8 heteroatoms. The van der Waals surface area contributed by atoms with Gasteiger partial charge in [-0.2, -0.15) is 4.98 Å². The van der Waals surface area contributed by atoms with E-state index in [1.807, 2.05) is 42.5 Å². The zero-order valence-corrected chi connectivity index (χ0v) is 18.5. The van der Waals surface area contributed by atoms with Crippen molar-refractivity contribution in [2.45, 2.75) is 20.0 Å². The predicted molar refractivity (Wildman–Crippen MR) is 114 cm³/mol. The number of benzene rings is 2. The minimum atomic E-state index is -3.13. The molecule has 0 radical (unpaired) electrons. The standard InChI is InChI=1S/C20H22BrN2O4P/c1-4-26-28(24,27-5-2)13-14-6-8-15(9-7-14)19-22-18-11-10-16(21)12-17(18)20(23-19)25-3/h6-12H,4-5,13H2,1-3H3. The summed E-state index contributed by atoms with van der Waals surface area (Å²) in [6, 6.07) is 13.4. The van der Waals surface area contributed by atoms with Gasteiger partial charge in [0.25, 0.3) is 0 Å². The van der Waals surface area contributed by atoms with Crippen molar-refractivity contribution in [2.75, 3.05) is 20.3 Å². The molecule has 148 valence electrons. The number of halogens is 1. The lowest BCUT2D eigenvalue weighted by atomic mass is 10.1. The Bertz CT molecular complexity index is 1000. The first-order chi connectivity index (χ1) is 13.5. The third-order valence-corrected chi connectivity index (χ3v) is 6.60. The van der Waals surface area contributed by atoms with E-state index in [-0.39, 0.29) is 6.16 Å². The fourth-order valence-corrected chi connectivity index (χ4v) is 4.93. The zero-order valence-electron chi connectivity index (χ0n) is 16.0. The number of ether oxygens (including phenoxy) is 1. The molecule has 0 aliphatic carbocycles. The van der Waals surface area contributed by atoms with Crippen LogP contribution in [0.3, 0.4) is 0 Å². The summed E-state index contributed by atoms with van der Waals surface area (Å²) in [5, 5.41) is 0.839. The summed E-state index contributed by atoms with van der Waals surface area (Å²) in [6.45, 7) is 4.29. The molecule has 0 aliphatic rings. The second kappa shape index (κ2) is 9.14. The summed E-state index contributed by atoms with van der Waals surface area (Å²) in [4.78, 5) is 9.18. The molecule has 6 nitrogen and oxygen atoms in total. The van der Waals surface area contributed by atoms with E-state index in [2.05, 4.69) is 25.9 Å². The van der Waals surface area contributed by atoms with Crippen molar-refractivity contribution in [2.24, 2.45) is 0 Å². The van der Waals surface area contributed by atoms with Gasteiger partial charge < -0.3 is 13.8 Å². The topological polar surface area (TPSA) is 70.5 Å². The Morgan fingerprint density at radius 3 is 2.29 bits per heavy atom. The van der Waals surface area contributed by atoms with Gasteiger partial charge in [0.2, 0.25) is 5.88 Å². The molecule has 0 atom stereocenters. The van der Waals surface area contributed by atoms with E-state index in [0.29, 0.717) is 24.9 Å². The van der Waals surface area contributed by atoms with Gasteiger partial charge in [0.15, 0.2) is 5.82 Å². The molecule has 0 amide bonds. The van der Waals surface area contributed by atoms with E-state index >= 15 is 0 Å². The molecule has 3 aromatic rings. The molecule has 1 aromatic heterocycles. The number of aromatic nitrogens is 2. The summed E-state index contributed by atoms with van der Waals surface area (Å²) < 4.78 is 29.8. The number of fused-ring (bicyclic) bond motifs is 1. The predicted octanol–water partition coefficient (Wildman–Crippen LogP) is 5.83. The van der Waals surface area contributed by atoms with Crippen LogP contribution in [0.1, 0.15) is 19.4 Å². The summed E-state index contributed by atoms with van der Waals surface area (Å²) in [5.41, 5.74) is 2.51. The minimum Gasteiger partial charge on any atom is -0.480 e. The zero-order chi connectivity index (χ0) is 20.1. The summed E-state index contributed by atoms with van der Waals surface area (Å²) in [5.74, 6) is 1.08. The summed E-state index contributed by atoms with van der Waals surface area (Å²) >= 11 is 3.46. The van der Waals surface area contributed by atoms with Crippen molar-refractivity contribution >= 4 is 34.4 Å². The van der Waals surface area contributed by atoms with E-state index in [0.717, 1.165) is 26.5 Å². The molecule has 3 rings (SSSR count). The fourth-order valence-electron chi connectivity index (χ4n) is 2.86. The second-order valence-electron chi connectivity index (χ2n) is 6.02. The van der Waals surface area contributed by atoms with Crippen LogP contribution in [-0.2, 0) is 19.8 Å². The van der Waals surface area contributed by atoms with Crippen LogP contribution in [0.15, 0.2) is 46.9 Å². The van der Waals surface area contributed by atoms with Gasteiger partial charge >= 0.3 is 7.60 Å². The van der Waals surface area contributed by atoms with E-state index in [1.165, 1.54) is 0 Å². The SMILES string of the molecule is CCOP(=O)(Cc1ccc(-c2nc(OC)c3cc(Br)ccc3n2)cc1)OCC. The second-order valence-corrected chi connectivity index (χ2v) is 8.99. The molecule has 0 fully saturated rings. The molecule has 28 heavy (non-hydrogen) atoms. The first-order valence-corrected chi connectivity index (χ1v) is 11.5. The van der Waals surface area contributed by atoms with Crippen molar-refractivity contribution in [1.29, 1.82) is 0 Å². The number of hydrogen-bond donors (Lipinski definition) is 0. The van der Waals surface area contributed by atoms with Gasteiger partial charge in [-0.1, -0.05) is 40.2 Å². The number of hydrogen-bond acceptors (Lipinski definition) is 6. The molecule has 0 aliphatic heterocycles. The Hall–Kier alpha value is -1.79. The highest BCUT2D eigenvalue weighted by molar-refractivity contribution is 9.10. The van der Waals surface area contributed by atoms with E-state index in [1.54, 1.807) is 21.0 Å². The van der Waals surface area contributed by atoms with Crippen molar-refractivity contribution in [3.05, 3.63) is 52.5 Å². The Kier molecular flexibility index (Phi) is 6.83. The van der Waals surface area contributed by atoms with Gasteiger partial charge in [-0.15, -0.1) is 0 Å². The van der Waals surface area contributed by atoms with Crippen LogP contribution < -0.4 is 4.74 Å². The van der Waals surface area contributed by atoms with Gasteiger partial charge in [0.1, 0.15) is 0 Å². The van der Waals surface area contributed by atoms with Crippen molar-refractivity contribution < 1.29 is 18.3 Å². The Morgan fingerprint density at radius 1 is 1.00 bits per heavy atom. The van der Waals surface area contributed by atoms with E-state index < -0.39 is 7.60 Å². The third kappa shape index (κ3) is 4.78. The Morgan fingerprint density at radius 2 is 1.68 bits per heavy atom. The van der Waals surface area contributed by atoms with Gasteiger partial charge in [-0.05, 0) is 37.6 Å². The van der Waals surface area contributed by atoms with E-state index in [9.17, 15) is 4.57 Å². The van der Waals surface area contributed by atoms with Crippen LogP contribution >= 0.6 is 23.5 Å². The molecule has 0 unspecified atom stereocenters. The maximum atomic E-state index is 12.7. The van der Waals surface area contributed by atoms with Crippen LogP contribution in [0, 0.1) is 0 Å². The number of rotatable bonds is 8. The molecular weight excluding hydrogens is 443 g/mol. The normalized spacial score (nSPS) is 11.7. The minimum absolute atomic E-state index is 0.227. The average molecular weight is 465 g/mol. The smallest absolute Gasteiger partial charge is 0.335 e. The highest BCUT2D eigenvalue weighted by Crippen LogP contribution is 2.51. The highest BCUT2D eigenvalue weighted by Gasteiger charge is 2.24. The first-order valence-electron chi connectivity index (χ1n) is 8.96. The average Bonchev–Trinajstić information content (AvgIpc) is 2.68. The molecule has 2 aromatic carbocycles. The summed E-state index contributed by atoms with van der Waals surface area (Å²) in [7, 11) is -1.54. The molecule has 0 saturated heterocycles. The van der Waals surface area contributed by atoms with Crippen molar-refractivity contribution in [3.63, 3.8) is 0 Å².